The summed E-state index contributed by atoms with van der Waals surface area (Å²) in [6.07, 6.45) is -11.9. The van der Waals surface area contributed by atoms with Crippen LogP contribution in [0, 0.1) is 5.21 Å². The van der Waals surface area contributed by atoms with Gasteiger partial charge in [0.1, 0.15) is 0 Å². The van der Waals surface area contributed by atoms with Crippen molar-refractivity contribution in [3.8, 4) is 0 Å². The average Bonchev–Trinajstić information content (AvgIpc) is 2.74. The summed E-state index contributed by atoms with van der Waals surface area (Å²) in [6.45, 7) is 0. The summed E-state index contributed by atoms with van der Waals surface area (Å²) in [4.78, 5) is 15.1. The van der Waals surface area contributed by atoms with Gasteiger partial charge in [0.15, 0.2) is 5.69 Å². The predicted octanol–water partition coefficient (Wildman–Crippen LogP) is 6.75. The minimum absolute atomic E-state index is 0.135. The molecule has 0 fully saturated rings. The number of fused-ring (bicyclic) bond motifs is 1. The van der Waals surface area contributed by atoms with Crippen molar-refractivity contribution < 1.29 is 53.8 Å². The Balaban J connectivity index is 2.19. The number of hydrogen-bond donors (Lipinski definition) is 1. The van der Waals surface area contributed by atoms with Gasteiger partial charge in [-0.05, 0) is 58.0 Å². The van der Waals surface area contributed by atoms with Gasteiger partial charge < -0.3 is 5.21 Å². The number of nitrogens with one attached hydrogen (secondary N) is 1. The Morgan fingerprint density at radius 3 is 2.08 bits per heavy atom. The Labute approximate surface area is 207 Å². The van der Waals surface area contributed by atoms with E-state index in [9.17, 15) is 53.9 Å². The molecule has 0 bridgehead atoms. The van der Waals surface area contributed by atoms with Crippen molar-refractivity contribution in [3.63, 3.8) is 0 Å². The largest absolute Gasteiger partial charge is 0.621 e. The molecule has 0 saturated carbocycles. The summed E-state index contributed by atoms with van der Waals surface area (Å²) in [5.41, 5.74) is -15.0. The van der Waals surface area contributed by atoms with Crippen LogP contribution in [0.2, 0.25) is 0 Å². The molecule has 0 aliphatic carbocycles. The molecule has 0 spiro atoms. The quantitative estimate of drug-likeness (QED) is 0.202. The van der Waals surface area contributed by atoms with Crippen LogP contribution in [0.4, 0.5) is 49.6 Å². The van der Waals surface area contributed by atoms with Gasteiger partial charge in [0.25, 0.3) is 0 Å². The smallest absolute Gasteiger partial charge is 0.446 e. The van der Waals surface area contributed by atoms with Gasteiger partial charge in [0.2, 0.25) is 0 Å². The van der Waals surface area contributed by atoms with Crippen LogP contribution in [0.25, 0.3) is 10.9 Å². The second-order valence-electron chi connectivity index (χ2n) is 7.10. The highest BCUT2D eigenvalue weighted by Crippen LogP contribution is 2.55. The fourth-order valence-corrected chi connectivity index (χ4v) is 4.66. The van der Waals surface area contributed by atoms with Gasteiger partial charge in [0, 0.05) is 17.1 Å². The topological polar surface area (TPSA) is 57.5 Å². The van der Waals surface area contributed by atoms with E-state index < -0.39 is 72.9 Å². The van der Waals surface area contributed by atoms with Crippen molar-refractivity contribution in [2.75, 3.05) is 0 Å². The van der Waals surface area contributed by atoms with Crippen LogP contribution < -0.4 is 5.06 Å². The number of aromatic nitrogens is 1. The van der Waals surface area contributed by atoms with Gasteiger partial charge in [-0.3, -0.25) is 10.0 Å². The van der Waals surface area contributed by atoms with E-state index in [0.717, 1.165) is 12.1 Å². The second-order valence-corrected chi connectivity index (χ2v) is 9.06. The van der Waals surface area contributed by atoms with Crippen LogP contribution in [0.15, 0.2) is 58.0 Å². The normalized spacial score (nSPS) is 14.2. The number of thioether (sulfide) groups is 1. The Hall–Kier alpha value is -2.43. The molecular formula is C20H9BrF10N2O2S. The first-order valence-corrected chi connectivity index (χ1v) is 10.8. The molecule has 1 amide bonds. The summed E-state index contributed by atoms with van der Waals surface area (Å²) < 4.78 is 132. The van der Waals surface area contributed by atoms with E-state index in [-0.39, 0.29) is 17.1 Å². The number of benzene rings is 2. The molecule has 1 unspecified atom stereocenters. The van der Waals surface area contributed by atoms with Gasteiger partial charge in [-0.15, -0.1) is 0 Å². The Kier molecular flexibility index (Phi) is 7.40. The monoisotopic (exact) mass is 610 g/mol. The van der Waals surface area contributed by atoms with Crippen LogP contribution >= 0.6 is 27.7 Å². The molecule has 0 aliphatic heterocycles. The Morgan fingerprint density at radius 2 is 1.53 bits per heavy atom. The second kappa shape index (κ2) is 9.46. The maximum atomic E-state index is 14.5. The number of hydroxylamine groups is 1. The highest BCUT2D eigenvalue weighted by Gasteiger charge is 2.73. The zero-order valence-corrected chi connectivity index (χ0v) is 19.4. The number of nitrogens with zero attached hydrogens (tertiary/aromatic N) is 1. The predicted molar refractivity (Wildman–Crippen MR) is 111 cm³/mol. The first kappa shape index (κ1) is 28.1. The molecule has 1 atom stereocenters. The first-order valence-electron chi connectivity index (χ1n) is 9.23. The lowest BCUT2D eigenvalue weighted by molar-refractivity contribution is -0.682. The van der Waals surface area contributed by atoms with E-state index in [1.165, 1.54) is 12.3 Å². The zero-order valence-electron chi connectivity index (χ0n) is 16.9. The molecular weight excluding hydrogens is 602 g/mol. The SMILES string of the molecule is O=C(c1ccc2cccnc2c1)[NH+]([O-])c1c(Br)cc(C(F)(C(F)(F)F)C(F)(F)F)cc1SC(F)(F)F. The van der Waals surface area contributed by atoms with Crippen LogP contribution in [-0.4, -0.2) is 28.8 Å². The average molecular weight is 611 g/mol. The van der Waals surface area contributed by atoms with Crippen molar-refractivity contribution in [1.29, 1.82) is 0 Å². The molecule has 0 saturated heterocycles. The number of carbonyl (C=O) groups excluding carboxylic acids is 1. The van der Waals surface area contributed by atoms with Crippen molar-refractivity contribution in [2.24, 2.45) is 0 Å². The number of alkyl halides is 10. The molecule has 0 radical (unpaired) electrons. The number of carbonyl (C=O) groups is 1. The maximum Gasteiger partial charge on any atom is 0.446 e. The minimum Gasteiger partial charge on any atom is -0.621 e. The van der Waals surface area contributed by atoms with Crippen molar-refractivity contribution in [2.45, 2.75) is 28.4 Å². The third-order valence-corrected chi connectivity index (χ3v) is 6.16. The summed E-state index contributed by atoms with van der Waals surface area (Å²) >= 11 is 1.17. The molecule has 3 rings (SSSR count). The Bertz CT molecular complexity index is 1300. The molecule has 194 valence electrons. The molecule has 16 heteroatoms. The molecule has 36 heavy (non-hydrogen) atoms. The number of pyridine rings is 1. The number of hydrogen-bond acceptors (Lipinski definition) is 4. The van der Waals surface area contributed by atoms with Crippen molar-refractivity contribution in [1.82, 2.24) is 4.98 Å². The standard InChI is InChI=1S/C20H9BrF10N2O2S/c21-12-7-11(17(22,18(23,24)25)19(26,27)28)8-14(36-20(29,30)31)15(12)33(35)16(34)10-4-3-9-2-1-5-32-13(9)6-10/h1-8,33H. The summed E-state index contributed by atoms with van der Waals surface area (Å²) in [6, 6.07) is 6.22. The fraction of sp³-hybridized carbons (Fsp3) is 0.200. The fourth-order valence-electron chi connectivity index (χ4n) is 3.15. The molecule has 1 aromatic heterocycles. The van der Waals surface area contributed by atoms with Gasteiger partial charge in [-0.1, -0.05) is 12.1 Å². The van der Waals surface area contributed by atoms with Crippen LogP contribution in [0.5, 0.6) is 0 Å². The molecule has 2 aromatic carbocycles. The molecule has 0 aliphatic rings. The first-order chi connectivity index (χ1) is 16.4. The third kappa shape index (κ3) is 5.31. The van der Waals surface area contributed by atoms with Gasteiger partial charge in [0.05, 0.1) is 20.4 Å². The van der Waals surface area contributed by atoms with Gasteiger partial charge >= 0.3 is 29.4 Å². The molecule has 1 heterocycles. The lowest BCUT2D eigenvalue weighted by Crippen LogP contribution is -3.05. The summed E-state index contributed by atoms with van der Waals surface area (Å²) in [5, 5.41) is 11.7. The summed E-state index contributed by atoms with van der Waals surface area (Å²) in [7, 11) is 0. The third-order valence-electron chi connectivity index (χ3n) is 4.76. The minimum atomic E-state index is -6.62. The van der Waals surface area contributed by atoms with E-state index in [2.05, 4.69) is 20.9 Å². The van der Waals surface area contributed by atoms with Gasteiger partial charge in [-0.2, -0.15) is 39.5 Å². The molecule has 1 N–H and O–H groups in total. The number of quaternary nitrogens is 1. The van der Waals surface area contributed by atoms with Gasteiger partial charge in [-0.25, -0.2) is 9.18 Å². The number of amides is 1. The molecule has 3 aromatic rings. The van der Waals surface area contributed by atoms with E-state index in [1.54, 1.807) is 12.1 Å². The molecule has 4 nitrogen and oxygen atoms in total. The van der Waals surface area contributed by atoms with Crippen LogP contribution in [0.1, 0.15) is 15.9 Å². The van der Waals surface area contributed by atoms with Crippen LogP contribution in [-0.2, 0) is 5.67 Å². The lowest BCUT2D eigenvalue weighted by atomic mass is 9.94. The highest BCUT2D eigenvalue weighted by atomic mass is 79.9. The van der Waals surface area contributed by atoms with E-state index in [1.807, 2.05) is 0 Å². The number of rotatable bonds is 4. The van der Waals surface area contributed by atoms with Crippen molar-refractivity contribution in [3.05, 3.63) is 69.5 Å². The summed E-state index contributed by atoms with van der Waals surface area (Å²) in [5.74, 6) is -1.43. The zero-order chi connectivity index (χ0) is 27.3. The number of halogens is 11. The highest BCUT2D eigenvalue weighted by molar-refractivity contribution is 9.10. The van der Waals surface area contributed by atoms with Crippen molar-refractivity contribution >= 4 is 50.2 Å². The lowest BCUT2D eigenvalue weighted by Gasteiger charge is -2.31. The van der Waals surface area contributed by atoms with Crippen LogP contribution in [0.3, 0.4) is 0 Å². The Morgan fingerprint density at radius 1 is 0.917 bits per heavy atom. The van der Waals surface area contributed by atoms with E-state index in [0.29, 0.717) is 5.39 Å². The van der Waals surface area contributed by atoms with E-state index in [4.69, 9.17) is 0 Å². The van der Waals surface area contributed by atoms with E-state index >= 15 is 0 Å². The maximum absolute atomic E-state index is 14.5.